The summed E-state index contributed by atoms with van der Waals surface area (Å²) in [5.41, 5.74) is 1.10. The zero-order valence-electron chi connectivity index (χ0n) is 14.1. The highest BCUT2D eigenvalue weighted by Gasteiger charge is 2.17. The molecule has 0 amide bonds. The van der Waals surface area contributed by atoms with Crippen LogP contribution in [0, 0.1) is 6.92 Å². The second-order valence-corrected chi connectivity index (χ2v) is 5.42. The lowest BCUT2D eigenvalue weighted by Crippen LogP contribution is -2.05. The van der Waals surface area contributed by atoms with Crippen molar-refractivity contribution in [3.63, 3.8) is 0 Å². The molecule has 0 unspecified atom stereocenters. The molecule has 0 aromatic heterocycles. The van der Waals surface area contributed by atoms with Gasteiger partial charge in [-0.1, -0.05) is 36.4 Å². The standard InChI is InChI=1S/C21H18O4/c1-15-19(21(22)23-2)13-18(24-16-9-5-3-6-10-16)14-20(15)25-17-11-7-4-8-12-17/h3-14H,1-2H3. The molecule has 4 heteroatoms. The molecule has 0 saturated carbocycles. The number of carbonyl (C=O) groups is 1. The van der Waals surface area contributed by atoms with E-state index in [4.69, 9.17) is 14.2 Å². The molecule has 3 rings (SSSR count). The molecule has 0 aliphatic heterocycles. The fourth-order valence-electron chi connectivity index (χ4n) is 2.39. The predicted octanol–water partition coefficient (Wildman–Crippen LogP) is 5.37. The summed E-state index contributed by atoms with van der Waals surface area (Å²) in [5.74, 6) is 1.96. The Morgan fingerprint density at radius 3 is 1.88 bits per heavy atom. The highest BCUT2D eigenvalue weighted by molar-refractivity contribution is 5.92. The molecule has 0 radical (unpaired) electrons. The minimum atomic E-state index is -0.436. The van der Waals surface area contributed by atoms with Crippen LogP contribution in [-0.2, 0) is 4.74 Å². The average molecular weight is 334 g/mol. The molecule has 4 nitrogen and oxygen atoms in total. The van der Waals surface area contributed by atoms with E-state index in [1.807, 2.05) is 67.6 Å². The summed E-state index contributed by atoms with van der Waals surface area (Å²) in [6.45, 7) is 1.82. The molecular weight excluding hydrogens is 316 g/mol. The number of hydrogen-bond acceptors (Lipinski definition) is 4. The lowest BCUT2D eigenvalue weighted by molar-refractivity contribution is 0.0599. The van der Waals surface area contributed by atoms with Gasteiger partial charge >= 0.3 is 5.97 Å². The van der Waals surface area contributed by atoms with E-state index < -0.39 is 5.97 Å². The van der Waals surface area contributed by atoms with Gasteiger partial charge in [-0.2, -0.15) is 0 Å². The van der Waals surface area contributed by atoms with E-state index in [0.29, 0.717) is 34.1 Å². The zero-order valence-corrected chi connectivity index (χ0v) is 14.1. The Morgan fingerprint density at radius 2 is 1.32 bits per heavy atom. The van der Waals surface area contributed by atoms with Crippen LogP contribution in [0.4, 0.5) is 0 Å². The Hall–Kier alpha value is -3.27. The van der Waals surface area contributed by atoms with Gasteiger partial charge in [0.05, 0.1) is 12.7 Å². The monoisotopic (exact) mass is 334 g/mol. The van der Waals surface area contributed by atoms with Gasteiger partial charge in [-0.15, -0.1) is 0 Å². The van der Waals surface area contributed by atoms with Crippen molar-refractivity contribution in [2.75, 3.05) is 7.11 Å². The van der Waals surface area contributed by atoms with E-state index in [2.05, 4.69) is 0 Å². The molecule has 0 atom stereocenters. The molecular formula is C21H18O4. The first-order valence-corrected chi connectivity index (χ1v) is 7.86. The summed E-state index contributed by atoms with van der Waals surface area (Å²) in [7, 11) is 1.35. The van der Waals surface area contributed by atoms with Crippen LogP contribution in [0.2, 0.25) is 0 Å². The fourth-order valence-corrected chi connectivity index (χ4v) is 2.39. The SMILES string of the molecule is COC(=O)c1cc(Oc2ccccc2)cc(Oc2ccccc2)c1C. The predicted molar refractivity (Wildman–Crippen MR) is 95.6 cm³/mol. The molecule has 0 bridgehead atoms. The molecule has 0 aliphatic carbocycles. The molecule has 3 aromatic carbocycles. The van der Waals surface area contributed by atoms with Crippen molar-refractivity contribution in [3.05, 3.63) is 83.9 Å². The number of ether oxygens (including phenoxy) is 3. The summed E-state index contributed by atoms with van der Waals surface area (Å²) < 4.78 is 16.7. The second kappa shape index (κ2) is 7.53. The lowest BCUT2D eigenvalue weighted by Gasteiger charge is -2.14. The third-order valence-electron chi connectivity index (χ3n) is 3.69. The van der Waals surface area contributed by atoms with Gasteiger partial charge in [-0.3, -0.25) is 0 Å². The van der Waals surface area contributed by atoms with Gasteiger partial charge in [-0.05, 0) is 37.3 Å². The highest BCUT2D eigenvalue weighted by atomic mass is 16.5. The van der Waals surface area contributed by atoms with E-state index in [-0.39, 0.29) is 0 Å². The third kappa shape index (κ3) is 3.98. The van der Waals surface area contributed by atoms with E-state index in [1.165, 1.54) is 7.11 Å². The van der Waals surface area contributed by atoms with Crippen LogP contribution < -0.4 is 9.47 Å². The summed E-state index contributed by atoms with van der Waals surface area (Å²) >= 11 is 0. The fraction of sp³-hybridized carbons (Fsp3) is 0.0952. The number of esters is 1. The molecule has 0 N–H and O–H groups in total. The number of benzene rings is 3. The van der Waals surface area contributed by atoms with Crippen LogP contribution in [-0.4, -0.2) is 13.1 Å². The molecule has 0 saturated heterocycles. The molecule has 0 heterocycles. The van der Waals surface area contributed by atoms with E-state index in [1.54, 1.807) is 12.1 Å². The molecule has 25 heavy (non-hydrogen) atoms. The summed E-state index contributed by atoms with van der Waals surface area (Å²) in [6, 6.07) is 22.2. The van der Waals surface area contributed by atoms with Crippen LogP contribution in [0.3, 0.4) is 0 Å². The molecule has 3 aromatic rings. The molecule has 0 spiro atoms. The first-order chi connectivity index (χ1) is 12.2. The normalized spacial score (nSPS) is 10.2. The molecule has 0 aliphatic rings. The zero-order chi connectivity index (χ0) is 17.6. The quantitative estimate of drug-likeness (QED) is 0.589. The number of para-hydroxylation sites is 2. The first-order valence-electron chi connectivity index (χ1n) is 7.86. The molecule has 0 fully saturated rings. The van der Waals surface area contributed by atoms with Crippen molar-refractivity contribution in [3.8, 4) is 23.0 Å². The van der Waals surface area contributed by atoms with Crippen LogP contribution in [0.15, 0.2) is 72.8 Å². The third-order valence-corrected chi connectivity index (χ3v) is 3.69. The van der Waals surface area contributed by atoms with Gasteiger partial charge in [0, 0.05) is 11.6 Å². The van der Waals surface area contributed by atoms with Crippen molar-refractivity contribution in [2.45, 2.75) is 6.92 Å². The van der Waals surface area contributed by atoms with Crippen molar-refractivity contribution >= 4 is 5.97 Å². The minimum absolute atomic E-state index is 0.405. The van der Waals surface area contributed by atoms with Gasteiger partial charge in [0.2, 0.25) is 0 Å². The summed E-state index contributed by atoms with van der Waals surface area (Å²) in [6.07, 6.45) is 0. The summed E-state index contributed by atoms with van der Waals surface area (Å²) in [4.78, 5) is 12.1. The number of hydrogen-bond donors (Lipinski definition) is 0. The average Bonchev–Trinajstić information content (AvgIpc) is 2.65. The van der Waals surface area contributed by atoms with Crippen LogP contribution >= 0.6 is 0 Å². The Balaban J connectivity index is 2.00. The maximum absolute atomic E-state index is 12.1. The Kier molecular flexibility index (Phi) is 5.00. The Morgan fingerprint density at radius 1 is 0.760 bits per heavy atom. The lowest BCUT2D eigenvalue weighted by atomic mass is 10.1. The highest BCUT2D eigenvalue weighted by Crippen LogP contribution is 2.34. The van der Waals surface area contributed by atoms with Crippen molar-refractivity contribution in [1.82, 2.24) is 0 Å². The van der Waals surface area contributed by atoms with E-state index in [9.17, 15) is 4.79 Å². The first kappa shape index (κ1) is 16.6. The van der Waals surface area contributed by atoms with Gasteiger partial charge in [-0.25, -0.2) is 4.79 Å². The topological polar surface area (TPSA) is 44.8 Å². The molecule has 126 valence electrons. The van der Waals surface area contributed by atoms with Crippen molar-refractivity contribution in [2.24, 2.45) is 0 Å². The second-order valence-electron chi connectivity index (χ2n) is 5.42. The van der Waals surface area contributed by atoms with Gasteiger partial charge in [0.1, 0.15) is 23.0 Å². The van der Waals surface area contributed by atoms with Crippen molar-refractivity contribution < 1.29 is 19.0 Å². The van der Waals surface area contributed by atoms with Crippen LogP contribution in [0.5, 0.6) is 23.0 Å². The van der Waals surface area contributed by atoms with E-state index >= 15 is 0 Å². The number of rotatable bonds is 5. The van der Waals surface area contributed by atoms with Gasteiger partial charge < -0.3 is 14.2 Å². The van der Waals surface area contributed by atoms with E-state index in [0.717, 1.165) is 0 Å². The summed E-state index contributed by atoms with van der Waals surface area (Å²) in [5, 5.41) is 0. The largest absolute Gasteiger partial charge is 0.465 e. The maximum Gasteiger partial charge on any atom is 0.338 e. The minimum Gasteiger partial charge on any atom is -0.465 e. The van der Waals surface area contributed by atoms with Crippen molar-refractivity contribution in [1.29, 1.82) is 0 Å². The Labute approximate surface area is 146 Å². The Bertz CT molecular complexity index is 858. The number of methoxy groups -OCH3 is 1. The number of carbonyl (C=O) groups excluding carboxylic acids is 1. The van der Waals surface area contributed by atoms with Gasteiger partial charge in [0.25, 0.3) is 0 Å². The maximum atomic E-state index is 12.1. The smallest absolute Gasteiger partial charge is 0.338 e. The van der Waals surface area contributed by atoms with Gasteiger partial charge in [0.15, 0.2) is 0 Å². The van der Waals surface area contributed by atoms with Crippen LogP contribution in [0.1, 0.15) is 15.9 Å². The van der Waals surface area contributed by atoms with Crippen LogP contribution in [0.25, 0.3) is 0 Å².